The molecule has 0 fully saturated rings. The first kappa shape index (κ1) is 17.3. The van der Waals surface area contributed by atoms with Crippen molar-refractivity contribution in [1.29, 1.82) is 0 Å². The second-order valence-corrected chi connectivity index (χ2v) is 5.85. The monoisotopic (exact) mass is 339 g/mol. The molecule has 0 aliphatic heterocycles. The number of rotatable bonds is 6. The number of carboxylic acid groups (broad SMARTS) is 1. The molecular weight excluding hydrogens is 329 g/mol. The van der Waals surface area contributed by atoms with Crippen LogP contribution in [-0.4, -0.2) is 38.6 Å². The summed E-state index contributed by atoms with van der Waals surface area (Å²) in [6.45, 7) is 0.947. The largest absolute Gasteiger partial charge is 0.478 e. The Hall–Kier alpha value is -1.71. The minimum absolute atomic E-state index is 0.0687. The maximum atomic E-state index is 13.5. The van der Waals surface area contributed by atoms with Crippen LogP contribution in [0, 0.1) is 5.82 Å². The molecule has 10 heteroatoms. The van der Waals surface area contributed by atoms with Crippen LogP contribution in [0.1, 0.15) is 17.3 Å². The molecule has 0 spiro atoms. The van der Waals surface area contributed by atoms with Crippen LogP contribution in [-0.2, 0) is 19.6 Å². The Morgan fingerprint density at radius 3 is 2.57 bits per heavy atom. The van der Waals surface area contributed by atoms with Crippen LogP contribution in [0.5, 0.6) is 0 Å². The predicted octanol–water partition coefficient (Wildman–Crippen LogP) is 1.02. The minimum Gasteiger partial charge on any atom is -0.478 e. The van der Waals surface area contributed by atoms with Crippen molar-refractivity contribution in [3.05, 3.63) is 28.5 Å². The van der Waals surface area contributed by atoms with Crippen molar-refractivity contribution in [2.75, 3.05) is 13.2 Å². The predicted molar refractivity (Wildman–Crippen MR) is 70.2 cm³/mol. The van der Waals surface area contributed by atoms with Crippen molar-refractivity contribution in [3.8, 4) is 0 Å². The normalized spacial score (nSPS) is 11.2. The summed E-state index contributed by atoms with van der Waals surface area (Å²) < 4.78 is 43.6. The number of benzene rings is 1. The maximum Gasteiger partial charge on any atom is 0.337 e. The van der Waals surface area contributed by atoms with Crippen molar-refractivity contribution < 1.29 is 32.2 Å². The Balaban J connectivity index is 3.09. The second kappa shape index (κ2) is 6.83. The lowest BCUT2D eigenvalue weighted by Gasteiger charge is -2.08. The third-order valence-corrected chi connectivity index (χ3v) is 4.02. The average Bonchev–Trinajstić information content (AvgIpc) is 2.39. The highest BCUT2D eigenvalue weighted by molar-refractivity contribution is 7.89. The van der Waals surface area contributed by atoms with E-state index in [1.807, 2.05) is 4.72 Å². The van der Waals surface area contributed by atoms with Gasteiger partial charge in [0.05, 0.1) is 22.1 Å². The van der Waals surface area contributed by atoms with Gasteiger partial charge in [-0.05, 0) is 19.1 Å². The summed E-state index contributed by atoms with van der Waals surface area (Å²) in [4.78, 5) is 21.3. The van der Waals surface area contributed by atoms with Gasteiger partial charge in [0.2, 0.25) is 10.0 Å². The van der Waals surface area contributed by atoms with Gasteiger partial charge in [-0.2, -0.15) is 4.72 Å². The van der Waals surface area contributed by atoms with Crippen molar-refractivity contribution in [3.63, 3.8) is 0 Å². The molecule has 0 bridgehead atoms. The minimum atomic E-state index is -4.28. The second-order valence-electron chi connectivity index (χ2n) is 3.70. The molecule has 116 valence electrons. The van der Waals surface area contributed by atoms with Crippen LogP contribution in [0.3, 0.4) is 0 Å². The quantitative estimate of drug-likeness (QED) is 0.749. The van der Waals surface area contributed by atoms with E-state index in [9.17, 15) is 22.4 Å². The molecule has 0 aromatic heterocycles. The van der Waals surface area contributed by atoms with Gasteiger partial charge in [0.1, 0.15) is 12.4 Å². The van der Waals surface area contributed by atoms with Gasteiger partial charge in [-0.1, -0.05) is 11.6 Å². The average molecular weight is 340 g/mol. The third-order valence-electron chi connectivity index (χ3n) is 2.25. The van der Waals surface area contributed by atoms with Gasteiger partial charge in [-0.3, -0.25) is 4.79 Å². The summed E-state index contributed by atoms with van der Waals surface area (Å²) in [5.74, 6) is -3.61. The van der Waals surface area contributed by atoms with E-state index in [2.05, 4.69) is 4.74 Å². The topological polar surface area (TPSA) is 110 Å². The number of nitrogens with one attached hydrogen (secondary N) is 1. The highest BCUT2D eigenvalue weighted by atomic mass is 35.5. The zero-order valence-corrected chi connectivity index (χ0v) is 12.3. The molecule has 21 heavy (non-hydrogen) atoms. The standard InChI is InChI=1S/C11H11ClFNO6S/c1-2-20-9(15)5-14-21(18,19)6-3-7(11(16)17)10(12)8(13)4-6/h3-4,14H,2,5H2,1H3,(H,16,17). The van der Waals surface area contributed by atoms with Gasteiger partial charge in [0.25, 0.3) is 0 Å². The number of hydrogen-bond donors (Lipinski definition) is 2. The van der Waals surface area contributed by atoms with Gasteiger partial charge in [-0.15, -0.1) is 0 Å². The summed E-state index contributed by atoms with van der Waals surface area (Å²) in [5.41, 5.74) is -0.701. The molecule has 0 heterocycles. The SMILES string of the molecule is CCOC(=O)CNS(=O)(=O)c1cc(F)c(Cl)c(C(=O)O)c1. The van der Waals surface area contributed by atoms with E-state index in [0.717, 1.165) is 0 Å². The van der Waals surface area contributed by atoms with E-state index in [1.54, 1.807) is 6.92 Å². The maximum absolute atomic E-state index is 13.5. The summed E-state index contributed by atoms with van der Waals surface area (Å²) in [5, 5.41) is 8.13. The smallest absolute Gasteiger partial charge is 0.337 e. The van der Waals surface area contributed by atoms with E-state index < -0.39 is 49.8 Å². The van der Waals surface area contributed by atoms with Crippen LogP contribution >= 0.6 is 11.6 Å². The fraction of sp³-hybridized carbons (Fsp3) is 0.273. The first-order valence-corrected chi connectivity index (χ1v) is 7.42. The number of hydrogen-bond acceptors (Lipinski definition) is 5. The van der Waals surface area contributed by atoms with E-state index in [-0.39, 0.29) is 6.61 Å². The number of carbonyl (C=O) groups is 2. The Labute approximate surface area is 124 Å². The molecular formula is C11H11ClFNO6S. The van der Waals surface area contributed by atoms with E-state index in [4.69, 9.17) is 16.7 Å². The van der Waals surface area contributed by atoms with Crippen LogP contribution in [0.2, 0.25) is 5.02 Å². The van der Waals surface area contributed by atoms with Gasteiger partial charge >= 0.3 is 11.9 Å². The molecule has 0 aliphatic rings. The molecule has 1 aromatic carbocycles. The highest BCUT2D eigenvalue weighted by Gasteiger charge is 2.22. The first-order valence-electron chi connectivity index (χ1n) is 5.56. The van der Waals surface area contributed by atoms with Crippen LogP contribution in [0.25, 0.3) is 0 Å². The molecule has 1 rings (SSSR count). The fourth-order valence-corrected chi connectivity index (χ4v) is 2.52. The van der Waals surface area contributed by atoms with E-state index in [1.165, 1.54) is 0 Å². The number of ether oxygens (including phenoxy) is 1. The van der Waals surface area contributed by atoms with Crippen LogP contribution in [0.4, 0.5) is 4.39 Å². The lowest BCUT2D eigenvalue weighted by Crippen LogP contribution is -2.31. The number of aromatic carboxylic acids is 1. The molecule has 2 N–H and O–H groups in total. The molecule has 0 amide bonds. The summed E-state index contributed by atoms with van der Waals surface area (Å²) in [6, 6.07) is 1.25. The van der Waals surface area contributed by atoms with Gasteiger partial charge in [0, 0.05) is 0 Å². The molecule has 0 saturated heterocycles. The van der Waals surface area contributed by atoms with Gasteiger partial charge < -0.3 is 9.84 Å². The van der Waals surface area contributed by atoms with Crippen LogP contribution in [0.15, 0.2) is 17.0 Å². The van der Waals surface area contributed by atoms with E-state index >= 15 is 0 Å². The van der Waals surface area contributed by atoms with Gasteiger partial charge in [-0.25, -0.2) is 17.6 Å². The zero-order valence-electron chi connectivity index (χ0n) is 10.7. The number of esters is 1. The number of sulfonamides is 1. The summed E-state index contributed by atoms with van der Waals surface area (Å²) in [7, 11) is -4.28. The molecule has 7 nitrogen and oxygen atoms in total. The summed E-state index contributed by atoms with van der Waals surface area (Å²) >= 11 is 5.43. The Bertz CT molecular complexity index is 676. The van der Waals surface area contributed by atoms with Crippen molar-refractivity contribution in [1.82, 2.24) is 4.72 Å². The lowest BCUT2D eigenvalue weighted by atomic mass is 10.2. The lowest BCUT2D eigenvalue weighted by molar-refractivity contribution is -0.141. The van der Waals surface area contributed by atoms with Crippen molar-refractivity contribution in [2.24, 2.45) is 0 Å². The Morgan fingerprint density at radius 1 is 1.43 bits per heavy atom. The molecule has 1 aromatic rings. The molecule has 0 saturated carbocycles. The highest BCUT2D eigenvalue weighted by Crippen LogP contribution is 2.24. The Kier molecular flexibility index (Phi) is 5.64. The Morgan fingerprint density at radius 2 is 2.05 bits per heavy atom. The number of carbonyl (C=O) groups excluding carboxylic acids is 1. The van der Waals surface area contributed by atoms with Crippen molar-refractivity contribution in [2.45, 2.75) is 11.8 Å². The zero-order chi connectivity index (χ0) is 16.2. The first-order chi connectivity index (χ1) is 9.69. The van der Waals surface area contributed by atoms with Crippen LogP contribution < -0.4 is 4.72 Å². The molecule has 0 atom stereocenters. The molecule has 0 unspecified atom stereocenters. The number of halogens is 2. The fourth-order valence-electron chi connectivity index (χ4n) is 1.32. The van der Waals surface area contributed by atoms with E-state index in [0.29, 0.717) is 12.1 Å². The third kappa shape index (κ3) is 4.38. The molecule has 0 aliphatic carbocycles. The number of carboxylic acids is 1. The van der Waals surface area contributed by atoms with Gasteiger partial charge in [0.15, 0.2) is 0 Å². The molecule has 0 radical (unpaired) electrons. The van der Waals surface area contributed by atoms with Crippen molar-refractivity contribution >= 4 is 33.6 Å². The summed E-state index contributed by atoms with van der Waals surface area (Å²) in [6.07, 6.45) is 0.